The fourth-order valence-electron chi connectivity index (χ4n) is 1.09. The van der Waals surface area contributed by atoms with Crippen molar-refractivity contribution >= 4 is 28.6 Å². The molecule has 0 atom stereocenters. The molecule has 0 heterocycles. The highest BCUT2D eigenvalue weighted by atomic mass is 127. The molecule has 0 unspecified atom stereocenters. The van der Waals surface area contributed by atoms with Gasteiger partial charge in [0, 0.05) is 12.2 Å². The Morgan fingerprint density at radius 2 is 1.85 bits per heavy atom. The molecule has 0 fully saturated rings. The van der Waals surface area contributed by atoms with Crippen LogP contribution in [-0.2, 0) is 6.42 Å². The third kappa shape index (κ3) is 3.95. The summed E-state index contributed by atoms with van der Waals surface area (Å²) in [6, 6.07) is 8.56. The van der Waals surface area contributed by atoms with E-state index in [0.29, 0.717) is 0 Å². The van der Waals surface area contributed by atoms with E-state index in [4.69, 9.17) is 0 Å². The molecule has 0 saturated heterocycles. The van der Waals surface area contributed by atoms with Gasteiger partial charge in [0.25, 0.3) is 0 Å². The van der Waals surface area contributed by atoms with Gasteiger partial charge in [-0.2, -0.15) is 0 Å². The zero-order valence-corrected chi connectivity index (χ0v) is 10.2. The topological polar surface area (TPSA) is 15.3 Å². The Kier molecular flexibility index (Phi) is 4.52. The normalized spacial score (nSPS) is 10.5. The molecule has 1 aromatic rings. The van der Waals surface area contributed by atoms with Crippen LogP contribution in [0.1, 0.15) is 5.56 Å². The van der Waals surface area contributed by atoms with Crippen LogP contribution in [-0.4, -0.2) is 25.5 Å². The van der Waals surface area contributed by atoms with Gasteiger partial charge in [-0.05, 0) is 38.2 Å². The van der Waals surface area contributed by atoms with Gasteiger partial charge < -0.3 is 8.43 Å². The minimum atomic E-state index is 1.11. The zero-order chi connectivity index (χ0) is 9.68. The van der Waals surface area contributed by atoms with Crippen molar-refractivity contribution in [2.75, 3.05) is 24.2 Å². The molecule has 0 amide bonds. The first-order valence-corrected chi connectivity index (χ1v) is 5.40. The molecule has 13 heavy (non-hydrogen) atoms. The Morgan fingerprint density at radius 3 is 2.31 bits per heavy atom. The molecule has 0 radical (unpaired) electrons. The van der Waals surface area contributed by atoms with Crippen molar-refractivity contribution in [3.8, 4) is 0 Å². The van der Waals surface area contributed by atoms with Gasteiger partial charge in [-0.3, -0.25) is 0 Å². The van der Waals surface area contributed by atoms with Gasteiger partial charge in [0.1, 0.15) is 0 Å². The van der Waals surface area contributed by atoms with Crippen LogP contribution in [0.3, 0.4) is 0 Å². The van der Waals surface area contributed by atoms with E-state index in [2.05, 4.69) is 69.7 Å². The Hall–Kier alpha value is -0.290. The lowest BCUT2D eigenvalue weighted by atomic mass is 10.1. The van der Waals surface area contributed by atoms with Crippen molar-refractivity contribution < 1.29 is 0 Å². The molecule has 1 rings (SSSR count). The number of rotatable bonds is 4. The minimum absolute atomic E-state index is 1.11. The van der Waals surface area contributed by atoms with Crippen LogP contribution in [0.15, 0.2) is 24.3 Å². The van der Waals surface area contributed by atoms with E-state index >= 15 is 0 Å². The monoisotopic (exact) mass is 290 g/mol. The van der Waals surface area contributed by atoms with Crippen molar-refractivity contribution in [2.45, 2.75) is 6.42 Å². The molecule has 0 aliphatic carbocycles. The molecule has 0 aliphatic rings. The van der Waals surface area contributed by atoms with Crippen LogP contribution in [0.5, 0.6) is 0 Å². The number of nitrogens with zero attached hydrogens (tertiary/aromatic N) is 1. The van der Waals surface area contributed by atoms with Crippen molar-refractivity contribution in [3.63, 3.8) is 0 Å². The minimum Gasteiger partial charge on any atom is -0.328 e. The van der Waals surface area contributed by atoms with Crippen LogP contribution in [0.2, 0.25) is 0 Å². The Balaban J connectivity index is 2.49. The SMILES string of the molecule is CN(C)CCc1ccc(NI)cc1. The van der Waals surface area contributed by atoms with E-state index in [9.17, 15) is 0 Å². The van der Waals surface area contributed by atoms with E-state index in [0.717, 1.165) is 18.7 Å². The number of halogens is 1. The molecule has 0 saturated carbocycles. The number of benzene rings is 1. The van der Waals surface area contributed by atoms with Gasteiger partial charge in [0.2, 0.25) is 0 Å². The predicted octanol–water partition coefficient (Wildman–Crippen LogP) is 2.55. The van der Waals surface area contributed by atoms with Crippen LogP contribution in [0.25, 0.3) is 0 Å². The summed E-state index contributed by atoms with van der Waals surface area (Å²) in [7, 11) is 4.20. The average molecular weight is 290 g/mol. The van der Waals surface area contributed by atoms with Gasteiger partial charge in [-0.1, -0.05) is 12.1 Å². The Bertz CT molecular complexity index is 244. The van der Waals surface area contributed by atoms with Gasteiger partial charge in [-0.15, -0.1) is 0 Å². The molecular weight excluding hydrogens is 275 g/mol. The van der Waals surface area contributed by atoms with E-state index in [1.165, 1.54) is 5.56 Å². The molecule has 1 N–H and O–H groups in total. The van der Waals surface area contributed by atoms with E-state index in [-0.39, 0.29) is 0 Å². The van der Waals surface area contributed by atoms with E-state index in [1.807, 2.05) is 0 Å². The summed E-state index contributed by atoms with van der Waals surface area (Å²) in [5.74, 6) is 0. The van der Waals surface area contributed by atoms with Crippen LogP contribution in [0.4, 0.5) is 5.69 Å². The maximum absolute atomic E-state index is 3.08. The molecule has 1 aromatic carbocycles. The molecule has 72 valence electrons. The average Bonchev–Trinajstić information content (AvgIpc) is 2.15. The van der Waals surface area contributed by atoms with E-state index in [1.54, 1.807) is 0 Å². The van der Waals surface area contributed by atoms with Crippen LogP contribution < -0.4 is 3.53 Å². The molecule has 0 spiro atoms. The number of anilines is 1. The summed E-state index contributed by atoms with van der Waals surface area (Å²) in [5.41, 5.74) is 2.55. The van der Waals surface area contributed by atoms with Crippen molar-refractivity contribution in [3.05, 3.63) is 29.8 Å². The van der Waals surface area contributed by atoms with Crippen molar-refractivity contribution in [2.24, 2.45) is 0 Å². The Labute approximate surface area is 93.8 Å². The first-order valence-electron chi connectivity index (χ1n) is 4.32. The van der Waals surface area contributed by atoms with Gasteiger partial charge in [-0.25, -0.2) is 0 Å². The molecule has 2 nitrogen and oxygen atoms in total. The van der Waals surface area contributed by atoms with E-state index < -0.39 is 0 Å². The molecule has 0 bridgehead atoms. The second kappa shape index (κ2) is 5.44. The quantitative estimate of drug-likeness (QED) is 0.677. The lowest BCUT2D eigenvalue weighted by Crippen LogP contribution is -2.14. The highest BCUT2D eigenvalue weighted by Gasteiger charge is 1.94. The standard InChI is InChI=1S/C10H15IN2/c1-13(2)8-7-9-3-5-10(12-11)6-4-9/h3-6,12H,7-8H2,1-2H3. The van der Waals surface area contributed by atoms with Crippen LogP contribution >= 0.6 is 22.9 Å². The third-order valence-electron chi connectivity index (χ3n) is 1.91. The number of hydrogen-bond acceptors (Lipinski definition) is 2. The van der Waals surface area contributed by atoms with Gasteiger partial charge in [0.15, 0.2) is 0 Å². The second-order valence-electron chi connectivity index (χ2n) is 3.34. The number of likely N-dealkylation sites (N-methyl/N-ethyl adjacent to an activating group) is 1. The zero-order valence-electron chi connectivity index (χ0n) is 8.05. The highest BCUT2D eigenvalue weighted by Crippen LogP contribution is 2.11. The van der Waals surface area contributed by atoms with Gasteiger partial charge >= 0.3 is 0 Å². The Morgan fingerprint density at radius 1 is 1.23 bits per heavy atom. The maximum atomic E-state index is 3.08. The number of hydrogen-bond donors (Lipinski definition) is 1. The molecule has 0 aromatic heterocycles. The lowest BCUT2D eigenvalue weighted by molar-refractivity contribution is 0.413. The molecule has 3 heteroatoms. The highest BCUT2D eigenvalue weighted by molar-refractivity contribution is 14.1. The predicted molar refractivity (Wildman–Crippen MR) is 66.3 cm³/mol. The number of nitrogens with one attached hydrogen (secondary N) is 1. The smallest absolute Gasteiger partial charge is 0.0560 e. The largest absolute Gasteiger partial charge is 0.328 e. The lowest BCUT2D eigenvalue weighted by Gasteiger charge is -2.09. The summed E-state index contributed by atoms with van der Waals surface area (Å²) in [5, 5.41) is 0. The summed E-state index contributed by atoms with van der Waals surface area (Å²) in [4.78, 5) is 2.20. The first-order chi connectivity index (χ1) is 6.22. The second-order valence-corrected chi connectivity index (χ2v) is 3.88. The van der Waals surface area contributed by atoms with Crippen molar-refractivity contribution in [1.82, 2.24) is 4.90 Å². The van der Waals surface area contributed by atoms with Crippen LogP contribution in [0, 0.1) is 0 Å². The maximum Gasteiger partial charge on any atom is 0.0560 e. The third-order valence-corrected chi connectivity index (χ3v) is 2.53. The fraction of sp³-hybridized carbons (Fsp3) is 0.400. The molecular formula is C10H15IN2. The summed E-state index contributed by atoms with van der Waals surface area (Å²) >= 11 is 2.14. The van der Waals surface area contributed by atoms with Gasteiger partial charge in [0.05, 0.1) is 22.9 Å². The molecule has 0 aliphatic heterocycles. The fourth-order valence-corrected chi connectivity index (χ4v) is 1.45. The summed E-state index contributed by atoms with van der Waals surface area (Å²) in [6.07, 6.45) is 1.12. The summed E-state index contributed by atoms with van der Waals surface area (Å²) in [6.45, 7) is 1.11. The summed E-state index contributed by atoms with van der Waals surface area (Å²) < 4.78 is 3.08. The van der Waals surface area contributed by atoms with Crippen molar-refractivity contribution in [1.29, 1.82) is 0 Å². The first kappa shape index (κ1) is 10.8.